The molecule has 56 valence electrons. The van der Waals surface area contributed by atoms with Crippen LogP contribution < -0.4 is 0 Å². The molecule has 0 saturated heterocycles. The first-order chi connectivity index (χ1) is 5.25. The molecule has 0 aliphatic rings. The van der Waals surface area contributed by atoms with E-state index in [1.165, 1.54) is 12.4 Å². The number of aromatic hydroxyl groups is 1. The van der Waals surface area contributed by atoms with Crippen LogP contribution in [0.15, 0.2) is 18.6 Å². The van der Waals surface area contributed by atoms with Crippen LogP contribution in [-0.2, 0) is 0 Å². The van der Waals surface area contributed by atoms with E-state index in [9.17, 15) is 0 Å². The third kappa shape index (κ3) is 0.920. The second-order valence-electron chi connectivity index (χ2n) is 2.39. The fourth-order valence-corrected chi connectivity index (χ4v) is 1.01. The molecule has 11 heavy (non-hydrogen) atoms. The summed E-state index contributed by atoms with van der Waals surface area (Å²) in [4.78, 5) is 7.84. The highest BCUT2D eigenvalue weighted by atomic mass is 16.3. The summed E-state index contributed by atoms with van der Waals surface area (Å²) in [6, 6.07) is 1.52. The van der Waals surface area contributed by atoms with E-state index in [-0.39, 0.29) is 5.88 Å². The summed E-state index contributed by atoms with van der Waals surface area (Å²) in [5, 5.41) is 8.98. The molecule has 0 fully saturated rings. The van der Waals surface area contributed by atoms with Gasteiger partial charge in [-0.3, -0.25) is 4.40 Å². The van der Waals surface area contributed by atoms with Gasteiger partial charge in [-0.1, -0.05) is 0 Å². The first kappa shape index (κ1) is 6.15. The van der Waals surface area contributed by atoms with Gasteiger partial charge in [-0.15, -0.1) is 0 Å². The zero-order valence-electron chi connectivity index (χ0n) is 6.02. The molecule has 0 aromatic carbocycles. The second kappa shape index (κ2) is 1.95. The molecular formula is C7H7N3O. The van der Waals surface area contributed by atoms with Gasteiger partial charge in [0.1, 0.15) is 12.0 Å². The van der Waals surface area contributed by atoms with Crippen LogP contribution in [0.5, 0.6) is 5.88 Å². The first-order valence-electron chi connectivity index (χ1n) is 3.26. The van der Waals surface area contributed by atoms with Gasteiger partial charge < -0.3 is 5.11 Å². The van der Waals surface area contributed by atoms with Crippen LogP contribution in [0.3, 0.4) is 0 Å². The van der Waals surface area contributed by atoms with Gasteiger partial charge >= 0.3 is 0 Å². The lowest BCUT2D eigenvalue weighted by Crippen LogP contribution is -1.83. The monoisotopic (exact) mass is 149 g/mol. The van der Waals surface area contributed by atoms with Crippen molar-refractivity contribution < 1.29 is 5.11 Å². The summed E-state index contributed by atoms with van der Waals surface area (Å²) in [6.07, 6.45) is 3.38. The largest absolute Gasteiger partial charge is 0.493 e. The fraction of sp³-hybridized carbons (Fsp3) is 0.143. The van der Waals surface area contributed by atoms with Crippen molar-refractivity contribution in [1.29, 1.82) is 0 Å². The Bertz CT molecular complexity index is 393. The molecule has 0 aliphatic carbocycles. The maximum absolute atomic E-state index is 8.98. The smallest absolute Gasteiger partial charge is 0.215 e. The molecule has 4 heteroatoms. The predicted octanol–water partition coefficient (Wildman–Crippen LogP) is 0.743. The van der Waals surface area contributed by atoms with Crippen LogP contribution >= 0.6 is 0 Å². The Morgan fingerprint density at radius 3 is 3.18 bits per heavy atom. The quantitative estimate of drug-likeness (QED) is 0.601. The van der Waals surface area contributed by atoms with Gasteiger partial charge in [-0.25, -0.2) is 9.97 Å². The SMILES string of the molecule is Cc1cn2cnc(O)cc2n1. The summed E-state index contributed by atoms with van der Waals surface area (Å²) < 4.78 is 1.76. The highest BCUT2D eigenvalue weighted by Crippen LogP contribution is 2.08. The number of nitrogens with zero attached hydrogens (tertiary/aromatic N) is 3. The van der Waals surface area contributed by atoms with Gasteiger partial charge in [0.15, 0.2) is 0 Å². The number of rotatable bonds is 0. The van der Waals surface area contributed by atoms with Crippen LogP contribution in [-0.4, -0.2) is 19.5 Å². The second-order valence-corrected chi connectivity index (χ2v) is 2.39. The molecule has 0 amide bonds. The normalized spacial score (nSPS) is 10.6. The van der Waals surface area contributed by atoms with Crippen molar-refractivity contribution in [1.82, 2.24) is 14.4 Å². The Labute approximate surface area is 63.1 Å². The van der Waals surface area contributed by atoms with Crippen molar-refractivity contribution in [2.75, 3.05) is 0 Å². The van der Waals surface area contributed by atoms with Crippen molar-refractivity contribution >= 4 is 5.65 Å². The van der Waals surface area contributed by atoms with E-state index in [0.717, 1.165) is 11.3 Å². The lowest BCUT2D eigenvalue weighted by molar-refractivity contribution is 0.452. The van der Waals surface area contributed by atoms with Crippen molar-refractivity contribution in [3.8, 4) is 5.88 Å². The van der Waals surface area contributed by atoms with Crippen molar-refractivity contribution in [2.24, 2.45) is 0 Å². The maximum Gasteiger partial charge on any atom is 0.215 e. The van der Waals surface area contributed by atoms with Gasteiger partial charge in [0.05, 0.1) is 5.69 Å². The molecule has 0 unspecified atom stereocenters. The zero-order valence-corrected chi connectivity index (χ0v) is 6.02. The lowest BCUT2D eigenvalue weighted by atomic mass is 10.6. The zero-order chi connectivity index (χ0) is 7.84. The Morgan fingerprint density at radius 1 is 1.55 bits per heavy atom. The number of fused-ring (bicyclic) bond motifs is 1. The molecule has 2 heterocycles. The number of aryl methyl sites for hydroxylation is 1. The summed E-state index contributed by atoms with van der Waals surface area (Å²) in [5.41, 5.74) is 1.63. The molecule has 0 aliphatic heterocycles. The van der Waals surface area contributed by atoms with E-state index >= 15 is 0 Å². The minimum absolute atomic E-state index is 0.00287. The molecule has 2 aromatic heterocycles. The first-order valence-corrected chi connectivity index (χ1v) is 3.26. The average molecular weight is 149 g/mol. The third-order valence-corrected chi connectivity index (χ3v) is 1.45. The van der Waals surface area contributed by atoms with E-state index < -0.39 is 0 Å². The highest BCUT2D eigenvalue weighted by Gasteiger charge is 1.97. The Kier molecular flexibility index (Phi) is 1.09. The molecule has 0 saturated carbocycles. The van der Waals surface area contributed by atoms with Crippen LogP contribution in [0.2, 0.25) is 0 Å². The summed E-state index contributed by atoms with van der Waals surface area (Å²) >= 11 is 0. The van der Waals surface area contributed by atoms with Crippen LogP contribution in [0, 0.1) is 6.92 Å². The topological polar surface area (TPSA) is 50.4 Å². The minimum Gasteiger partial charge on any atom is -0.493 e. The summed E-state index contributed by atoms with van der Waals surface area (Å²) in [7, 11) is 0. The molecule has 2 rings (SSSR count). The van der Waals surface area contributed by atoms with Gasteiger partial charge in [-0.05, 0) is 6.92 Å². The molecule has 1 N–H and O–H groups in total. The molecule has 2 aromatic rings. The number of hydrogen-bond acceptors (Lipinski definition) is 3. The maximum atomic E-state index is 8.98. The van der Waals surface area contributed by atoms with Crippen molar-refractivity contribution in [3.05, 3.63) is 24.3 Å². The van der Waals surface area contributed by atoms with Crippen LogP contribution in [0.1, 0.15) is 5.69 Å². The highest BCUT2D eigenvalue weighted by molar-refractivity contribution is 5.41. The number of imidazole rings is 1. The third-order valence-electron chi connectivity index (χ3n) is 1.45. The van der Waals surface area contributed by atoms with Gasteiger partial charge in [0, 0.05) is 12.3 Å². The van der Waals surface area contributed by atoms with Crippen LogP contribution in [0.4, 0.5) is 0 Å². The standard InChI is InChI=1S/C7H7N3O/c1-5-3-10-4-8-7(11)2-6(10)9-5/h2-4,11H,1H3. The molecular weight excluding hydrogens is 142 g/mol. The number of hydrogen-bond donors (Lipinski definition) is 1. The molecule has 4 nitrogen and oxygen atoms in total. The fourth-order valence-electron chi connectivity index (χ4n) is 1.01. The Balaban J connectivity index is 2.82. The average Bonchev–Trinajstić information content (AvgIpc) is 2.27. The minimum atomic E-state index is 0.00287. The summed E-state index contributed by atoms with van der Waals surface area (Å²) in [6.45, 7) is 1.89. The predicted molar refractivity (Wildman–Crippen MR) is 39.4 cm³/mol. The molecule has 0 bridgehead atoms. The Hall–Kier alpha value is -1.58. The van der Waals surface area contributed by atoms with Gasteiger partial charge in [0.25, 0.3) is 0 Å². The van der Waals surface area contributed by atoms with Crippen LogP contribution in [0.25, 0.3) is 5.65 Å². The van der Waals surface area contributed by atoms with Crippen molar-refractivity contribution in [2.45, 2.75) is 6.92 Å². The van der Waals surface area contributed by atoms with E-state index in [1.54, 1.807) is 4.40 Å². The number of aromatic nitrogens is 3. The van der Waals surface area contributed by atoms with E-state index in [2.05, 4.69) is 9.97 Å². The lowest BCUT2D eigenvalue weighted by Gasteiger charge is -1.90. The summed E-state index contributed by atoms with van der Waals surface area (Å²) in [5.74, 6) is 0.00287. The Morgan fingerprint density at radius 2 is 2.36 bits per heavy atom. The van der Waals surface area contributed by atoms with E-state index in [4.69, 9.17) is 5.11 Å². The van der Waals surface area contributed by atoms with Crippen molar-refractivity contribution in [3.63, 3.8) is 0 Å². The molecule has 0 spiro atoms. The van der Waals surface area contributed by atoms with E-state index in [0.29, 0.717) is 0 Å². The molecule has 0 radical (unpaired) electrons. The van der Waals surface area contributed by atoms with E-state index in [1.807, 2.05) is 13.1 Å². The van der Waals surface area contributed by atoms with Gasteiger partial charge in [-0.2, -0.15) is 0 Å². The van der Waals surface area contributed by atoms with Gasteiger partial charge in [0.2, 0.25) is 5.88 Å². The molecule has 0 atom stereocenters.